The number of aryl methyl sites for hydroxylation is 2. The Balaban J connectivity index is 1.93. The van der Waals surface area contributed by atoms with Gasteiger partial charge in [0.2, 0.25) is 11.8 Å². The van der Waals surface area contributed by atoms with Gasteiger partial charge in [0.05, 0.1) is 18.4 Å². The molecule has 2 N–H and O–H groups in total. The molecular formula is C15H17N3O5. The number of nitrogens with zero attached hydrogens (tertiary/aromatic N) is 2. The number of rotatable bonds is 7. The molecule has 0 spiro atoms. The van der Waals surface area contributed by atoms with E-state index in [1.165, 1.54) is 19.2 Å². The molecule has 2 rings (SSSR count). The molecule has 23 heavy (non-hydrogen) atoms. The highest BCUT2D eigenvalue weighted by Crippen LogP contribution is 2.22. The minimum absolute atomic E-state index is 0.0229. The number of carbonyl (C=O) groups excluding carboxylic acids is 1. The van der Waals surface area contributed by atoms with Crippen molar-refractivity contribution in [1.29, 1.82) is 0 Å². The molecule has 1 aromatic carbocycles. The van der Waals surface area contributed by atoms with Crippen molar-refractivity contribution in [3.05, 3.63) is 35.5 Å². The van der Waals surface area contributed by atoms with Gasteiger partial charge >= 0.3 is 5.97 Å². The summed E-state index contributed by atoms with van der Waals surface area (Å²) in [5.74, 6) is 0.0151. The number of aromatic nitrogens is 2. The van der Waals surface area contributed by atoms with Gasteiger partial charge in [-0.25, -0.2) is 4.79 Å². The fourth-order valence-corrected chi connectivity index (χ4v) is 1.99. The first kappa shape index (κ1) is 16.5. The van der Waals surface area contributed by atoms with E-state index in [0.717, 1.165) is 0 Å². The standard InChI is InChI=1S/C15H17N3O5/c1-9-16-14(23-18-9)5-3-4-13(19)17-12-7-6-10(22-2)8-11(12)15(20)21/h6-8H,3-5H2,1-2H3,(H,17,19)(H,20,21). The maximum absolute atomic E-state index is 11.9. The summed E-state index contributed by atoms with van der Waals surface area (Å²) in [6.07, 6.45) is 1.22. The van der Waals surface area contributed by atoms with Gasteiger partial charge < -0.3 is 19.7 Å². The average Bonchev–Trinajstić information content (AvgIpc) is 2.93. The zero-order valence-corrected chi connectivity index (χ0v) is 12.8. The molecule has 0 aliphatic heterocycles. The second-order valence-corrected chi connectivity index (χ2v) is 4.85. The van der Waals surface area contributed by atoms with Gasteiger partial charge in [0.1, 0.15) is 5.75 Å². The maximum Gasteiger partial charge on any atom is 0.337 e. The van der Waals surface area contributed by atoms with Gasteiger partial charge in [-0.15, -0.1) is 0 Å². The van der Waals surface area contributed by atoms with Gasteiger partial charge in [-0.2, -0.15) is 4.98 Å². The highest BCUT2D eigenvalue weighted by Gasteiger charge is 2.14. The van der Waals surface area contributed by atoms with Crippen LogP contribution >= 0.6 is 0 Å². The first-order chi connectivity index (χ1) is 11.0. The first-order valence-corrected chi connectivity index (χ1v) is 7.00. The molecule has 8 heteroatoms. The molecule has 122 valence electrons. The van der Waals surface area contributed by atoms with Crippen LogP contribution in [0.2, 0.25) is 0 Å². The number of nitrogens with one attached hydrogen (secondary N) is 1. The number of anilines is 1. The Bertz CT molecular complexity index is 711. The zero-order chi connectivity index (χ0) is 16.8. The third-order valence-electron chi connectivity index (χ3n) is 3.10. The number of methoxy groups -OCH3 is 1. The third kappa shape index (κ3) is 4.53. The van der Waals surface area contributed by atoms with E-state index in [9.17, 15) is 14.7 Å². The smallest absolute Gasteiger partial charge is 0.337 e. The molecule has 0 radical (unpaired) electrons. The summed E-state index contributed by atoms with van der Waals surface area (Å²) in [6.45, 7) is 1.72. The van der Waals surface area contributed by atoms with Crippen LogP contribution in [-0.4, -0.2) is 34.2 Å². The average molecular weight is 319 g/mol. The molecule has 1 heterocycles. The van der Waals surface area contributed by atoms with Crippen LogP contribution in [0, 0.1) is 6.92 Å². The van der Waals surface area contributed by atoms with Crippen molar-refractivity contribution in [1.82, 2.24) is 10.1 Å². The molecule has 0 saturated heterocycles. The van der Waals surface area contributed by atoms with Crippen LogP contribution in [0.1, 0.15) is 34.9 Å². The molecule has 0 aliphatic carbocycles. The van der Waals surface area contributed by atoms with Crippen molar-refractivity contribution in [2.45, 2.75) is 26.2 Å². The van der Waals surface area contributed by atoms with E-state index in [1.807, 2.05) is 0 Å². The quantitative estimate of drug-likeness (QED) is 0.802. The topological polar surface area (TPSA) is 115 Å². The zero-order valence-electron chi connectivity index (χ0n) is 12.8. The largest absolute Gasteiger partial charge is 0.497 e. The van der Waals surface area contributed by atoms with Crippen molar-refractivity contribution in [2.24, 2.45) is 0 Å². The Morgan fingerprint density at radius 1 is 1.39 bits per heavy atom. The predicted molar refractivity (Wildman–Crippen MR) is 80.6 cm³/mol. The highest BCUT2D eigenvalue weighted by molar-refractivity contribution is 6.00. The fourth-order valence-electron chi connectivity index (χ4n) is 1.99. The Morgan fingerprint density at radius 3 is 2.78 bits per heavy atom. The molecule has 0 saturated carbocycles. The lowest BCUT2D eigenvalue weighted by molar-refractivity contribution is -0.116. The molecule has 0 fully saturated rings. The van der Waals surface area contributed by atoms with Crippen LogP contribution in [0.5, 0.6) is 5.75 Å². The van der Waals surface area contributed by atoms with Gasteiger partial charge in [-0.3, -0.25) is 4.79 Å². The lowest BCUT2D eigenvalue weighted by atomic mass is 10.1. The molecular weight excluding hydrogens is 302 g/mol. The summed E-state index contributed by atoms with van der Waals surface area (Å²) < 4.78 is 9.94. The van der Waals surface area contributed by atoms with E-state index in [1.54, 1.807) is 13.0 Å². The number of hydrogen-bond donors (Lipinski definition) is 2. The van der Waals surface area contributed by atoms with Gasteiger partial charge in [0.15, 0.2) is 5.82 Å². The number of carboxylic acid groups (broad SMARTS) is 1. The maximum atomic E-state index is 11.9. The lowest BCUT2D eigenvalue weighted by Crippen LogP contribution is -2.14. The van der Waals surface area contributed by atoms with Crippen LogP contribution < -0.4 is 10.1 Å². The van der Waals surface area contributed by atoms with Gasteiger partial charge in [0.25, 0.3) is 0 Å². The fraction of sp³-hybridized carbons (Fsp3) is 0.333. The SMILES string of the molecule is COc1ccc(NC(=O)CCCc2nc(C)no2)c(C(=O)O)c1. The van der Waals surface area contributed by atoms with E-state index < -0.39 is 5.97 Å². The molecule has 0 unspecified atom stereocenters. The minimum atomic E-state index is -1.14. The number of hydrogen-bond acceptors (Lipinski definition) is 6. The molecule has 8 nitrogen and oxygen atoms in total. The predicted octanol–water partition coefficient (Wildman–Crippen LogP) is 2.05. The highest BCUT2D eigenvalue weighted by atomic mass is 16.5. The van der Waals surface area contributed by atoms with Crippen LogP contribution in [0.25, 0.3) is 0 Å². The van der Waals surface area contributed by atoms with Crippen LogP contribution in [0.4, 0.5) is 5.69 Å². The van der Waals surface area contributed by atoms with E-state index >= 15 is 0 Å². The van der Waals surface area contributed by atoms with E-state index in [-0.39, 0.29) is 23.6 Å². The minimum Gasteiger partial charge on any atom is -0.497 e. The first-order valence-electron chi connectivity index (χ1n) is 7.00. The van der Waals surface area contributed by atoms with Gasteiger partial charge in [-0.1, -0.05) is 5.16 Å². The molecule has 1 amide bonds. The van der Waals surface area contributed by atoms with E-state index in [2.05, 4.69) is 15.5 Å². The third-order valence-corrected chi connectivity index (χ3v) is 3.10. The molecule has 0 aliphatic rings. The monoisotopic (exact) mass is 319 g/mol. The number of ether oxygens (including phenoxy) is 1. The Hall–Kier alpha value is -2.90. The van der Waals surface area contributed by atoms with E-state index in [0.29, 0.717) is 30.3 Å². The van der Waals surface area contributed by atoms with Crippen LogP contribution in [-0.2, 0) is 11.2 Å². The van der Waals surface area contributed by atoms with Crippen LogP contribution in [0.3, 0.4) is 0 Å². The van der Waals surface area contributed by atoms with Crippen LogP contribution in [0.15, 0.2) is 22.7 Å². The molecule has 1 aromatic heterocycles. The van der Waals surface area contributed by atoms with Crippen molar-refractivity contribution in [2.75, 3.05) is 12.4 Å². The number of aromatic carboxylic acids is 1. The Labute approximate surface area is 132 Å². The lowest BCUT2D eigenvalue weighted by Gasteiger charge is -2.09. The summed E-state index contributed by atoms with van der Waals surface area (Å²) in [7, 11) is 1.44. The summed E-state index contributed by atoms with van der Waals surface area (Å²) >= 11 is 0. The van der Waals surface area contributed by atoms with Crippen molar-refractivity contribution in [3.63, 3.8) is 0 Å². The summed E-state index contributed by atoms with van der Waals surface area (Å²) in [6, 6.07) is 4.45. The Kier molecular flexibility index (Phi) is 5.29. The number of carboxylic acids is 1. The summed E-state index contributed by atoms with van der Waals surface area (Å²) in [5, 5.41) is 15.4. The van der Waals surface area contributed by atoms with Crippen molar-refractivity contribution >= 4 is 17.6 Å². The second-order valence-electron chi connectivity index (χ2n) is 4.85. The van der Waals surface area contributed by atoms with Crippen molar-refractivity contribution < 1.29 is 24.0 Å². The molecule has 0 bridgehead atoms. The van der Waals surface area contributed by atoms with Crippen molar-refractivity contribution in [3.8, 4) is 5.75 Å². The van der Waals surface area contributed by atoms with Gasteiger partial charge in [-0.05, 0) is 31.5 Å². The normalized spacial score (nSPS) is 10.3. The summed E-state index contributed by atoms with van der Waals surface area (Å²) in [4.78, 5) is 27.2. The molecule has 2 aromatic rings. The van der Waals surface area contributed by atoms with E-state index in [4.69, 9.17) is 9.26 Å². The summed E-state index contributed by atoms with van der Waals surface area (Å²) in [5.41, 5.74) is 0.210. The number of benzene rings is 1. The Morgan fingerprint density at radius 2 is 2.17 bits per heavy atom. The van der Waals surface area contributed by atoms with Gasteiger partial charge in [0, 0.05) is 12.8 Å². The molecule has 0 atom stereocenters. The number of carbonyl (C=O) groups is 2. The number of amides is 1. The second kappa shape index (κ2) is 7.39.